The van der Waals surface area contributed by atoms with Crippen molar-refractivity contribution in [2.75, 3.05) is 6.61 Å². The molecular weight excluding hydrogens is 156 g/mol. The predicted octanol–water partition coefficient (Wildman–Crippen LogP) is 1.25. The monoisotopic (exact) mass is 168 g/mol. The van der Waals surface area contributed by atoms with Gasteiger partial charge in [-0.15, -0.1) is 0 Å². The summed E-state index contributed by atoms with van der Waals surface area (Å²) in [4.78, 5) is 21.0. The Morgan fingerprint density at radius 3 is 2.33 bits per heavy atom. The van der Waals surface area contributed by atoms with Gasteiger partial charge in [-0.1, -0.05) is 12.2 Å². The molecule has 0 aromatic heterocycles. The van der Waals surface area contributed by atoms with E-state index >= 15 is 0 Å². The summed E-state index contributed by atoms with van der Waals surface area (Å²) in [6, 6.07) is 0. The number of rotatable bonds is 4. The number of hydrogen-bond acceptors (Lipinski definition) is 3. The first-order valence-corrected chi connectivity index (χ1v) is 3.69. The highest BCUT2D eigenvalue weighted by Crippen LogP contribution is 1.83. The molecule has 0 fully saturated rings. The van der Waals surface area contributed by atoms with Crippen molar-refractivity contribution < 1.29 is 14.3 Å². The molecule has 12 heavy (non-hydrogen) atoms. The van der Waals surface area contributed by atoms with E-state index in [0.717, 1.165) is 0 Å². The van der Waals surface area contributed by atoms with Crippen LogP contribution >= 0.6 is 0 Å². The van der Waals surface area contributed by atoms with Crippen molar-refractivity contribution >= 4 is 11.8 Å². The lowest BCUT2D eigenvalue weighted by atomic mass is 10.3. The molecule has 0 unspecified atom stereocenters. The summed E-state index contributed by atoms with van der Waals surface area (Å²) in [5.41, 5.74) is 0. The van der Waals surface area contributed by atoms with Gasteiger partial charge in [0.2, 0.25) is 0 Å². The summed E-state index contributed by atoms with van der Waals surface area (Å²) in [7, 11) is 0. The molecule has 0 aliphatic rings. The first-order chi connectivity index (χ1) is 5.66. The Balaban J connectivity index is 3.75. The van der Waals surface area contributed by atoms with Crippen LogP contribution in [0.2, 0.25) is 0 Å². The highest BCUT2D eigenvalue weighted by atomic mass is 16.5. The van der Waals surface area contributed by atoms with Gasteiger partial charge >= 0.3 is 5.97 Å². The van der Waals surface area contributed by atoms with Gasteiger partial charge in [0.15, 0.2) is 5.78 Å². The van der Waals surface area contributed by atoms with Crippen LogP contribution in [-0.4, -0.2) is 18.4 Å². The quantitative estimate of drug-likeness (QED) is 0.360. The second kappa shape index (κ2) is 6.34. The van der Waals surface area contributed by atoms with Crippen molar-refractivity contribution in [1.82, 2.24) is 0 Å². The van der Waals surface area contributed by atoms with Crippen LogP contribution in [0, 0.1) is 0 Å². The lowest BCUT2D eigenvalue weighted by Crippen LogP contribution is -1.98. The van der Waals surface area contributed by atoms with E-state index in [1.807, 2.05) is 0 Å². The van der Waals surface area contributed by atoms with Gasteiger partial charge in [0.25, 0.3) is 0 Å². The number of esters is 1. The minimum Gasteiger partial charge on any atom is -0.463 e. The molecule has 3 nitrogen and oxygen atoms in total. The molecule has 0 atom stereocenters. The van der Waals surface area contributed by atoms with Crippen LogP contribution in [0.1, 0.15) is 13.8 Å². The molecule has 0 heterocycles. The van der Waals surface area contributed by atoms with Gasteiger partial charge in [0, 0.05) is 6.08 Å². The maximum Gasteiger partial charge on any atom is 0.330 e. The number of ketones is 1. The van der Waals surface area contributed by atoms with Crippen LogP contribution in [-0.2, 0) is 14.3 Å². The average Bonchev–Trinajstić information content (AvgIpc) is 1.98. The Kier molecular flexibility index (Phi) is 5.61. The van der Waals surface area contributed by atoms with Crippen molar-refractivity contribution in [3.8, 4) is 0 Å². The van der Waals surface area contributed by atoms with Crippen LogP contribution in [0.3, 0.4) is 0 Å². The van der Waals surface area contributed by atoms with E-state index < -0.39 is 5.97 Å². The zero-order valence-electron chi connectivity index (χ0n) is 7.24. The Hall–Kier alpha value is -1.38. The molecule has 0 saturated carbocycles. The highest BCUT2D eigenvalue weighted by Gasteiger charge is 1.89. The number of hydrogen-bond donors (Lipinski definition) is 0. The average molecular weight is 168 g/mol. The normalized spacial score (nSPS) is 10.8. The summed E-state index contributed by atoms with van der Waals surface area (Å²) in [5, 5.41) is 0. The first kappa shape index (κ1) is 10.6. The summed E-state index contributed by atoms with van der Waals surface area (Å²) < 4.78 is 4.60. The number of allylic oxidation sites excluding steroid dienone is 3. The largest absolute Gasteiger partial charge is 0.463 e. The van der Waals surface area contributed by atoms with E-state index in [0.29, 0.717) is 6.61 Å². The van der Waals surface area contributed by atoms with Gasteiger partial charge in [-0.2, -0.15) is 0 Å². The van der Waals surface area contributed by atoms with Crippen molar-refractivity contribution in [3.63, 3.8) is 0 Å². The van der Waals surface area contributed by atoms with Crippen LogP contribution in [0.4, 0.5) is 0 Å². The van der Waals surface area contributed by atoms with E-state index in [1.165, 1.54) is 31.2 Å². The molecule has 0 aliphatic heterocycles. The van der Waals surface area contributed by atoms with Crippen LogP contribution < -0.4 is 0 Å². The van der Waals surface area contributed by atoms with Crippen LogP contribution in [0.5, 0.6) is 0 Å². The van der Waals surface area contributed by atoms with Gasteiger partial charge in [0.1, 0.15) is 0 Å². The third-order valence-electron chi connectivity index (χ3n) is 0.961. The van der Waals surface area contributed by atoms with Crippen molar-refractivity contribution in [1.29, 1.82) is 0 Å². The summed E-state index contributed by atoms with van der Waals surface area (Å²) in [5.74, 6) is -0.450. The maximum absolute atomic E-state index is 10.7. The molecule has 66 valence electrons. The molecule has 0 saturated heterocycles. The molecule has 0 radical (unpaired) electrons. The highest BCUT2D eigenvalue weighted by molar-refractivity contribution is 5.88. The Morgan fingerprint density at radius 2 is 1.83 bits per heavy atom. The molecule has 0 bridgehead atoms. The fourth-order valence-electron chi connectivity index (χ4n) is 0.516. The molecule has 0 aromatic rings. The van der Waals surface area contributed by atoms with Crippen molar-refractivity contribution in [3.05, 3.63) is 24.3 Å². The molecule has 0 rings (SSSR count). The molecule has 0 aliphatic carbocycles. The minimum absolute atomic E-state index is 0.0523. The number of carbonyl (C=O) groups is 2. The molecule has 3 heteroatoms. The SMILES string of the molecule is CCOC(=O)/C=C/C=C\C(C)=O. The third kappa shape index (κ3) is 6.74. The molecule has 0 aromatic carbocycles. The molecular formula is C9H12O3. The standard InChI is InChI=1S/C9H12O3/c1-3-12-9(11)7-5-4-6-8(2)10/h4-7H,3H2,1-2H3/b6-4-,7-5+. The van der Waals surface area contributed by atoms with E-state index in [9.17, 15) is 9.59 Å². The number of ether oxygens (including phenoxy) is 1. The van der Waals surface area contributed by atoms with Gasteiger partial charge in [-0.3, -0.25) is 4.79 Å². The second-order valence-corrected chi connectivity index (χ2v) is 2.08. The lowest BCUT2D eigenvalue weighted by molar-refractivity contribution is -0.137. The van der Waals surface area contributed by atoms with Gasteiger partial charge in [-0.25, -0.2) is 4.79 Å². The third-order valence-corrected chi connectivity index (χ3v) is 0.961. The van der Waals surface area contributed by atoms with Gasteiger partial charge in [-0.05, 0) is 19.9 Å². The Morgan fingerprint density at radius 1 is 1.25 bits per heavy atom. The maximum atomic E-state index is 10.7. The van der Waals surface area contributed by atoms with E-state index in [2.05, 4.69) is 4.74 Å². The molecule has 0 spiro atoms. The fourth-order valence-corrected chi connectivity index (χ4v) is 0.516. The van der Waals surface area contributed by atoms with Crippen molar-refractivity contribution in [2.45, 2.75) is 13.8 Å². The minimum atomic E-state index is -0.397. The van der Waals surface area contributed by atoms with E-state index in [1.54, 1.807) is 6.92 Å². The van der Waals surface area contributed by atoms with Crippen LogP contribution in [0.15, 0.2) is 24.3 Å². The molecule has 0 amide bonds. The van der Waals surface area contributed by atoms with Gasteiger partial charge in [0.05, 0.1) is 6.61 Å². The Bertz CT molecular complexity index is 214. The van der Waals surface area contributed by atoms with E-state index in [4.69, 9.17) is 0 Å². The van der Waals surface area contributed by atoms with Gasteiger partial charge < -0.3 is 4.74 Å². The zero-order valence-corrected chi connectivity index (χ0v) is 7.24. The topological polar surface area (TPSA) is 43.4 Å². The second-order valence-electron chi connectivity index (χ2n) is 2.08. The number of carbonyl (C=O) groups excluding carboxylic acids is 2. The smallest absolute Gasteiger partial charge is 0.330 e. The summed E-state index contributed by atoms with van der Waals surface area (Å²) >= 11 is 0. The lowest BCUT2D eigenvalue weighted by Gasteiger charge is -1.92. The first-order valence-electron chi connectivity index (χ1n) is 3.69. The Labute approximate surface area is 71.7 Å². The summed E-state index contributed by atoms with van der Waals surface area (Å²) in [6.45, 7) is 3.53. The predicted molar refractivity (Wildman–Crippen MR) is 45.6 cm³/mol. The molecule has 0 N–H and O–H groups in total. The van der Waals surface area contributed by atoms with Crippen molar-refractivity contribution in [2.24, 2.45) is 0 Å². The fraction of sp³-hybridized carbons (Fsp3) is 0.333. The zero-order chi connectivity index (χ0) is 9.40. The van der Waals surface area contributed by atoms with Crippen LogP contribution in [0.25, 0.3) is 0 Å². The summed E-state index contributed by atoms with van der Waals surface area (Å²) in [6.07, 6.45) is 5.61. The van der Waals surface area contributed by atoms with E-state index in [-0.39, 0.29) is 5.78 Å².